The number of hydrogen-bond donors (Lipinski definition) is 1. The molecule has 1 saturated heterocycles. The summed E-state index contributed by atoms with van der Waals surface area (Å²) >= 11 is 0. The van der Waals surface area contributed by atoms with Gasteiger partial charge in [0.2, 0.25) is 0 Å². The van der Waals surface area contributed by atoms with Gasteiger partial charge in [-0.2, -0.15) is 0 Å². The van der Waals surface area contributed by atoms with Crippen LogP contribution < -0.4 is 5.32 Å². The van der Waals surface area contributed by atoms with E-state index in [0.29, 0.717) is 31.5 Å². The molecule has 1 aliphatic carbocycles. The van der Waals surface area contributed by atoms with Crippen LogP contribution >= 0.6 is 0 Å². The minimum Gasteiger partial charge on any atom is -0.334 e. The number of likely N-dealkylation sites (N-methyl/N-ethyl adjacent to an activating group) is 1. The predicted octanol–water partition coefficient (Wildman–Crippen LogP) is 3.04. The number of nitrogens with zero attached hydrogens (tertiary/aromatic N) is 3. The molecule has 0 bridgehead atoms. The number of carbonyl (C=O) groups excluding carboxylic acids is 2. The second-order valence-electron chi connectivity index (χ2n) is 8.29. The molecule has 2 heterocycles. The zero-order chi connectivity index (χ0) is 20.8. The summed E-state index contributed by atoms with van der Waals surface area (Å²) in [6.07, 6.45) is 5.80. The van der Waals surface area contributed by atoms with Crippen molar-refractivity contribution in [3.8, 4) is 0 Å². The Bertz CT molecular complexity index is 721. The van der Waals surface area contributed by atoms with Crippen LogP contribution in [-0.4, -0.2) is 64.9 Å². The summed E-state index contributed by atoms with van der Waals surface area (Å²) in [7, 11) is 0. The van der Waals surface area contributed by atoms with Crippen LogP contribution in [0.3, 0.4) is 0 Å². The van der Waals surface area contributed by atoms with Crippen molar-refractivity contribution < 1.29 is 9.59 Å². The molecule has 2 aliphatic rings. The van der Waals surface area contributed by atoms with E-state index in [1.165, 1.54) is 0 Å². The highest BCUT2D eigenvalue weighted by Gasteiger charge is 2.41. The van der Waals surface area contributed by atoms with Gasteiger partial charge in [0, 0.05) is 56.5 Å². The highest BCUT2D eigenvalue weighted by molar-refractivity contribution is 5.95. The maximum atomic E-state index is 12.9. The lowest BCUT2D eigenvalue weighted by molar-refractivity contribution is -0.119. The highest BCUT2D eigenvalue weighted by Crippen LogP contribution is 2.35. The molecule has 29 heavy (non-hydrogen) atoms. The van der Waals surface area contributed by atoms with Gasteiger partial charge >= 0.3 is 6.03 Å². The predicted molar refractivity (Wildman–Crippen MR) is 115 cm³/mol. The monoisotopic (exact) mass is 398 g/mol. The van der Waals surface area contributed by atoms with Gasteiger partial charge in [0.15, 0.2) is 5.78 Å². The Morgan fingerprint density at radius 1 is 1.34 bits per heavy atom. The minimum atomic E-state index is -0.0186. The number of fused-ring (bicyclic) bond motifs is 1. The molecule has 2 fully saturated rings. The first-order valence-electron chi connectivity index (χ1n) is 10.9. The van der Waals surface area contributed by atoms with Crippen LogP contribution in [-0.2, 0) is 11.2 Å². The van der Waals surface area contributed by atoms with E-state index in [0.717, 1.165) is 50.0 Å². The number of likely N-dealkylation sites (tertiary alicyclic amines) is 1. The molecule has 0 radical (unpaired) electrons. The van der Waals surface area contributed by atoms with Gasteiger partial charge in [-0.3, -0.25) is 14.7 Å². The molecule has 1 N–H and O–H groups in total. The van der Waals surface area contributed by atoms with Gasteiger partial charge in [-0.25, -0.2) is 4.79 Å². The molecule has 1 aromatic heterocycles. The number of amides is 2. The Hall–Kier alpha value is -2.21. The number of pyridine rings is 1. The molecule has 3 atom stereocenters. The van der Waals surface area contributed by atoms with Crippen LogP contribution in [0, 0.1) is 5.92 Å². The van der Waals surface area contributed by atoms with Crippen LogP contribution in [0.4, 0.5) is 4.79 Å². The quantitative estimate of drug-likeness (QED) is 0.717. The molecule has 0 unspecified atom stereocenters. The van der Waals surface area contributed by atoms with Crippen molar-refractivity contribution in [1.82, 2.24) is 20.1 Å². The third kappa shape index (κ3) is 5.44. The highest BCUT2D eigenvalue weighted by atomic mass is 16.2. The smallest absolute Gasteiger partial charge is 0.317 e. The van der Waals surface area contributed by atoms with Crippen molar-refractivity contribution >= 4 is 11.8 Å². The van der Waals surface area contributed by atoms with Crippen LogP contribution in [0.15, 0.2) is 36.5 Å². The molecule has 1 aromatic rings. The average molecular weight is 399 g/mol. The van der Waals surface area contributed by atoms with Crippen molar-refractivity contribution in [2.24, 2.45) is 5.92 Å². The topological polar surface area (TPSA) is 65.5 Å². The third-order valence-corrected chi connectivity index (χ3v) is 6.22. The van der Waals surface area contributed by atoms with Crippen molar-refractivity contribution in [1.29, 1.82) is 0 Å². The number of aromatic nitrogens is 1. The van der Waals surface area contributed by atoms with Crippen molar-refractivity contribution in [2.45, 2.75) is 58.0 Å². The normalized spacial score (nSPS) is 24.8. The maximum Gasteiger partial charge on any atom is 0.317 e. The SMILES string of the molecule is C=C1C[C@@H]2[C@@H](CC1=O)C[C@H](NC(=O)N(CC)CCc1ccccn1)CN2CCC. The lowest BCUT2D eigenvalue weighted by atomic mass is 9.74. The van der Waals surface area contributed by atoms with Crippen LogP contribution in [0.1, 0.15) is 45.2 Å². The number of nitrogens with one attached hydrogen (secondary N) is 1. The molecule has 158 valence electrons. The lowest BCUT2D eigenvalue weighted by Gasteiger charge is -2.47. The first-order valence-corrected chi connectivity index (χ1v) is 10.9. The van der Waals surface area contributed by atoms with Crippen molar-refractivity contribution in [3.05, 3.63) is 42.2 Å². The van der Waals surface area contributed by atoms with Gasteiger partial charge in [0.05, 0.1) is 0 Å². The van der Waals surface area contributed by atoms with E-state index in [4.69, 9.17) is 0 Å². The molecule has 0 spiro atoms. The summed E-state index contributed by atoms with van der Waals surface area (Å²) in [6.45, 7) is 11.3. The molecule has 1 aliphatic heterocycles. The number of piperidine rings is 1. The van der Waals surface area contributed by atoms with Gasteiger partial charge in [0.1, 0.15) is 0 Å². The fourth-order valence-corrected chi connectivity index (χ4v) is 4.69. The van der Waals surface area contributed by atoms with Crippen LogP contribution in [0.2, 0.25) is 0 Å². The minimum absolute atomic E-state index is 0.0186. The summed E-state index contributed by atoms with van der Waals surface area (Å²) in [5, 5.41) is 3.24. The van der Waals surface area contributed by atoms with Crippen LogP contribution in [0.25, 0.3) is 0 Å². The van der Waals surface area contributed by atoms with Gasteiger partial charge in [-0.15, -0.1) is 0 Å². The molecule has 6 heteroatoms. The summed E-state index contributed by atoms with van der Waals surface area (Å²) in [4.78, 5) is 33.7. The Balaban J connectivity index is 1.59. The van der Waals surface area contributed by atoms with Gasteiger partial charge < -0.3 is 10.2 Å². The van der Waals surface area contributed by atoms with Gasteiger partial charge in [-0.05, 0) is 56.4 Å². The third-order valence-electron chi connectivity index (χ3n) is 6.22. The number of Topliss-reactive ketones (excluding diaryl/α,β-unsaturated/α-hetero) is 1. The van der Waals surface area contributed by atoms with Crippen LogP contribution in [0.5, 0.6) is 0 Å². The van der Waals surface area contributed by atoms with E-state index >= 15 is 0 Å². The second kappa shape index (κ2) is 10.0. The molecular weight excluding hydrogens is 364 g/mol. The second-order valence-corrected chi connectivity index (χ2v) is 8.29. The molecular formula is C23H34N4O2. The molecule has 1 saturated carbocycles. The summed E-state index contributed by atoms with van der Waals surface area (Å²) in [5.74, 6) is 0.502. The van der Waals surface area contributed by atoms with Gasteiger partial charge in [0.25, 0.3) is 0 Å². The fourth-order valence-electron chi connectivity index (χ4n) is 4.69. The maximum absolute atomic E-state index is 12.9. The van der Waals surface area contributed by atoms with E-state index in [2.05, 4.69) is 28.7 Å². The average Bonchev–Trinajstić information content (AvgIpc) is 2.71. The molecule has 0 aromatic carbocycles. The van der Waals surface area contributed by atoms with E-state index in [1.54, 1.807) is 6.20 Å². The standard InChI is InChI=1S/C23H34N4O2/c1-4-11-27-16-20(14-18-15-22(28)17(3)13-21(18)27)25-23(29)26(5-2)12-9-19-8-6-7-10-24-19/h6-8,10,18,20-21H,3-5,9,11-16H2,1-2H3,(H,25,29)/t18-,20+,21-/m1/s1. The Labute approximate surface area is 174 Å². The number of ketones is 1. The zero-order valence-electron chi connectivity index (χ0n) is 17.8. The van der Waals surface area contributed by atoms with Crippen molar-refractivity contribution in [3.63, 3.8) is 0 Å². The van der Waals surface area contributed by atoms with E-state index in [1.807, 2.05) is 30.0 Å². The summed E-state index contributed by atoms with van der Waals surface area (Å²) < 4.78 is 0. The Kier molecular flexibility index (Phi) is 7.42. The number of urea groups is 1. The number of carbonyl (C=O) groups is 2. The summed E-state index contributed by atoms with van der Waals surface area (Å²) in [6, 6.07) is 6.31. The zero-order valence-corrected chi connectivity index (χ0v) is 17.8. The van der Waals surface area contributed by atoms with Gasteiger partial charge in [-0.1, -0.05) is 19.6 Å². The van der Waals surface area contributed by atoms with E-state index in [-0.39, 0.29) is 17.9 Å². The van der Waals surface area contributed by atoms with E-state index in [9.17, 15) is 9.59 Å². The Morgan fingerprint density at radius 3 is 2.86 bits per heavy atom. The first kappa shape index (κ1) is 21.5. The fraction of sp³-hybridized carbons (Fsp3) is 0.609. The number of hydrogen-bond acceptors (Lipinski definition) is 4. The molecule has 2 amide bonds. The first-order chi connectivity index (χ1) is 14.0. The number of rotatable bonds is 7. The molecule has 3 rings (SSSR count). The Morgan fingerprint density at radius 2 is 2.17 bits per heavy atom. The lowest BCUT2D eigenvalue weighted by Crippen LogP contribution is -2.59. The largest absolute Gasteiger partial charge is 0.334 e. The molecule has 6 nitrogen and oxygen atoms in total. The summed E-state index contributed by atoms with van der Waals surface area (Å²) in [5.41, 5.74) is 1.76. The van der Waals surface area contributed by atoms with E-state index < -0.39 is 0 Å². The van der Waals surface area contributed by atoms with Crippen molar-refractivity contribution in [2.75, 3.05) is 26.2 Å².